The molecule has 0 aromatic heterocycles. The number of carbonyl (C=O) groups excluding carboxylic acids is 1. The zero-order valence-corrected chi connectivity index (χ0v) is 11.9. The number of nitrogens with one attached hydrogen (secondary N) is 1. The van der Waals surface area contributed by atoms with Gasteiger partial charge in [0, 0.05) is 11.3 Å². The van der Waals surface area contributed by atoms with Crippen molar-refractivity contribution in [3.8, 4) is 0 Å². The fourth-order valence-corrected chi connectivity index (χ4v) is 1.55. The van der Waals surface area contributed by atoms with Gasteiger partial charge in [-0.3, -0.25) is 4.79 Å². The number of carboxylic acids is 2. The van der Waals surface area contributed by atoms with Gasteiger partial charge in [-0.05, 0) is 31.2 Å². The lowest BCUT2D eigenvalue weighted by atomic mass is 10.0. The van der Waals surface area contributed by atoms with E-state index in [9.17, 15) is 14.4 Å². The van der Waals surface area contributed by atoms with Crippen LogP contribution in [0.25, 0.3) is 0 Å². The van der Waals surface area contributed by atoms with Crippen molar-refractivity contribution in [1.29, 1.82) is 0 Å². The van der Waals surface area contributed by atoms with E-state index in [1.807, 2.05) is 6.92 Å². The SMILES string of the molecule is C=C(/C=C\C=C/C)NC(=O)c1cc(C(=O)O)cc(C(=O)O)c1. The summed E-state index contributed by atoms with van der Waals surface area (Å²) in [6.07, 6.45) is 6.75. The summed E-state index contributed by atoms with van der Waals surface area (Å²) >= 11 is 0. The van der Waals surface area contributed by atoms with Gasteiger partial charge in [-0.15, -0.1) is 0 Å². The van der Waals surface area contributed by atoms with Crippen molar-refractivity contribution in [3.63, 3.8) is 0 Å². The summed E-state index contributed by atoms with van der Waals surface area (Å²) in [5.74, 6) is -3.27. The normalized spacial score (nSPS) is 10.8. The van der Waals surface area contributed by atoms with E-state index in [2.05, 4.69) is 11.9 Å². The van der Waals surface area contributed by atoms with Gasteiger partial charge in [-0.25, -0.2) is 9.59 Å². The number of amides is 1. The molecule has 0 heterocycles. The van der Waals surface area contributed by atoms with Gasteiger partial charge < -0.3 is 15.5 Å². The molecule has 0 unspecified atom stereocenters. The van der Waals surface area contributed by atoms with Crippen LogP contribution in [0.1, 0.15) is 38.0 Å². The molecule has 1 amide bonds. The Kier molecular flexibility index (Phi) is 5.83. The fourth-order valence-electron chi connectivity index (χ4n) is 1.55. The highest BCUT2D eigenvalue weighted by Gasteiger charge is 2.15. The molecule has 0 saturated carbocycles. The first kappa shape index (κ1) is 16.9. The van der Waals surface area contributed by atoms with Crippen molar-refractivity contribution >= 4 is 17.8 Å². The molecule has 0 saturated heterocycles. The van der Waals surface area contributed by atoms with Crippen LogP contribution in [0.4, 0.5) is 0 Å². The highest BCUT2D eigenvalue weighted by atomic mass is 16.4. The van der Waals surface area contributed by atoms with Crippen molar-refractivity contribution < 1.29 is 24.6 Å². The molecule has 1 aromatic carbocycles. The lowest BCUT2D eigenvalue weighted by Crippen LogP contribution is -2.22. The summed E-state index contributed by atoms with van der Waals surface area (Å²) in [4.78, 5) is 34.0. The Morgan fingerprint density at radius 2 is 1.50 bits per heavy atom. The second-order valence-electron chi connectivity index (χ2n) is 4.27. The molecule has 0 atom stereocenters. The molecule has 0 aliphatic carbocycles. The van der Waals surface area contributed by atoms with Crippen molar-refractivity contribution in [1.82, 2.24) is 5.32 Å². The van der Waals surface area contributed by atoms with E-state index in [4.69, 9.17) is 10.2 Å². The third kappa shape index (κ3) is 4.75. The van der Waals surface area contributed by atoms with Gasteiger partial charge in [0.25, 0.3) is 5.91 Å². The van der Waals surface area contributed by atoms with Gasteiger partial charge in [0.05, 0.1) is 11.1 Å². The lowest BCUT2D eigenvalue weighted by molar-refractivity contribution is 0.0696. The van der Waals surface area contributed by atoms with Crippen LogP contribution in [0.2, 0.25) is 0 Å². The summed E-state index contributed by atoms with van der Waals surface area (Å²) in [7, 11) is 0. The summed E-state index contributed by atoms with van der Waals surface area (Å²) < 4.78 is 0. The molecular weight excluding hydrogens is 286 g/mol. The number of benzene rings is 1. The largest absolute Gasteiger partial charge is 0.478 e. The average molecular weight is 301 g/mol. The third-order valence-corrected chi connectivity index (χ3v) is 2.56. The predicted octanol–water partition coefficient (Wildman–Crippen LogP) is 2.46. The number of carboxylic acid groups (broad SMARTS) is 2. The summed E-state index contributed by atoms with van der Waals surface area (Å²) in [5, 5.41) is 20.4. The molecule has 3 N–H and O–H groups in total. The molecule has 22 heavy (non-hydrogen) atoms. The first-order valence-electron chi connectivity index (χ1n) is 6.26. The minimum absolute atomic E-state index is 0.0714. The van der Waals surface area contributed by atoms with Crippen LogP contribution in [-0.2, 0) is 0 Å². The first-order valence-corrected chi connectivity index (χ1v) is 6.26. The van der Waals surface area contributed by atoms with Crippen LogP contribution in [0.5, 0.6) is 0 Å². The van der Waals surface area contributed by atoms with Crippen molar-refractivity contribution in [2.75, 3.05) is 0 Å². The minimum atomic E-state index is -1.32. The van der Waals surface area contributed by atoms with Crippen LogP contribution in [0.15, 0.2) is 54.8 Å². The topological polar surface area (TPSA) is 104 Å². The minimum Gasteiger partial charge on any atom is -0.478 e. The maximum absolute atomic E-state index is 12.0. The molecule has 0 radical (unpaired) electrons. The van der Waals surface area contributed by atoms with Crippen LogP contribution in [-0.4, -0.2) is 28.1 Å². The number of carbonyl (C=O) groups is 3. The number of hydrogen-bond acceptors (Lipinski definition) is 3. The number of hydrogen-bond donors (Lipinski definition) is 3. The maximum Gasteiger partial charge on any atom is 0.335 e. The van der Waals surface area contributed by atoms with Crippen molar-refractivity contribution in [2.45, 2.75) is 6.92 Å². The fraction of sp³-hybridized carbons (Fsp3) is 0.0625. The van der Waals surface area contributed by atoms with E-state index >= 15 is 0 Å². The Balaban J connectivity index is 3.04. The van der Waals surface area contributed by atoms with Crippen molar-refractivity contribution in [2.24, 2.45) is 0 Å². The molecule has 0 aliphatic heterocycles. The molecule has 1 aromatic rings. The van der Waals surface area contributed by atoms with Crippen LogP contribution in [0.3, 0.4) is 0 Å². The van der Waals surface area contributed by atoms with Gasteiger partial charge >= 0.3 is 11.9 Å². The van der Waals surface area contributed by atoms with E-state index in [0.717, 1.165) is 18.2 Å². The molecule has 0 bridgehead atoms. The quantitative estimate of drug-likeness (QED) is 0.700. The van der Waals surface area contributed by atoms with E-state index in [1.54, 1.807) is 24.3 Å². The summed E-state index contributed by atoms with van der Waals surface area (Å²) in [6, 6.07) is 3.20. The number of allylic oxidation sites excluding steroid dienone is 4. The van der Waals surface area contributed by atoms with E-state index in [0.29, 0.717) is 5.70 Å². The smallest absolute Gasteiger partial charge is 0.335 e. The molecule has 114 valence electrons. The lowest BCUT2D eigenvalue weighted by Gasteiger charge is -2.07. The Hall–Kier alpha value is -3.15. The highest BCUT2D eigenvalue weighted by molar-refractivity contribution is 6.01. The van der Waals surface area contributed by atoms with Gasteiger partial charge in [0.2, 0.25) is 0 Å². The van der Waals surface area contributed by atoms with Gasteiger partial charge in [-0.1, -0.05) is 24.8 Å². The molecule has 6 heteroatoms. The zero-order chi connectivity index (χ0) is 16.7. The molecular formula is C16H15NO5. The van der Waals surface area contributed by atoms with Crippen LogP contribution < -0.4 is 5.32 Å². The van der Waals surface area contributed by atoms with Crippen molar-refractivity contribution in [3.05, 3.63) is 71.5 Å². The zero-order valence-electron chi connectivity index (χ0n) is 11.9. The Morgan fingerprint density at radius 3 is 1.95 bits per heavy atom. The summed E-state index contributed by atoms with van der Waals surface area (Å²) in [5.41, 5.74) is -0.334. The monoisotopic (exact) mass is 301 g/mol. The second kappa shape index (κ2) is 7.58. The predicted molar refractivity (Wildman–Crippen MR) is 80.9 cm³/mol. The average Bonchev–Trinajstić information content (AvgIpc) is 2.46. The highest BCUT2D eigenvalue weighted by Crippen LogP contribution is 2.12. The van der Waals surface area contributed by atoms with E-state index in [1.165, 1.54) is 0 Å². The van der Waals surface area contributed by atoms with Crippen LogP contribution in [0, 0.1) is 0 Å². The Morgan fingerprint density at radius 1 is 1.00 bits per heavy atom. The molecule has 0 spiro atoms. The maximum atomic E-state index is 12.0. The van der Waals surface area contributed by atoms with Crippen LogP contribution >= 0.6 is 0 Å². The van der Waals surface area contributed by atoms with Gasteiger partial charge in [0.1, 0.15) is 0 Å². The van der Waals surface area contributed by atoms with Gasteiger partial charge in [-0.2, -0.15) is 0 Å². The Bertz CT molecular complexity index is 654. The van der Waals surface area contributed by atoms with Gasteiger partial charge in [0.15, 0.2) is 0 Å². The van der Waals surface area contributed by atoms with E-state index < -0.39 is 17.8 Å². The molecule has 0 aliphatic rings. The summed E-state index contributed by atoms with van der Waals surface area (Å²) in [6.45, 7) is 5.45. The van der Waals surface area contributed by atoms with E-state index in [-0.39, 0.29) is 16.7 Å². The third-order valence-electron chi connectivity index (χ3n) is 2.56. The molecule has 1 rings (SSSR count). The number of rotatable bonds is 6. The molecule has 6 nitrogen and oxygen atoms in total. The standard InChI is InChI=1S/C16H15NO5/c1-3-4-5-6-10(2)17-14(18)11-7-12(15(19)20)9-13(8-11)16(21)22/h3-9H,2H2,1H3,(H,17,18)(H,19,20)(H,21,22)/b4-3-,6-5-. The first-order chi connectivity index (χ1) is 10.3. The molecule has 0 fully saturated rings. The number of aromatic carboxylic acids is 2. The Labute approximate surface area is 127 Å². The second-order valence-corrected chi connectivity index (χ2v) is 4.27.